The maximum Gasteiger partial charge on any atom is 0.333 e. The van der Waals surface area contributed by atoms with Crippen LogP contribution in [-0.2, 0) is 19.2 Å². The van der Waals surface area contributed by atoms with Crippen LogP contribution < -0.4 is 0 Å². The molecule has 188 valence electrons. The van der Waals surface area contributed by atoms with Crippen LogP contribution in [0, 0.1) is 40.4 Å². The molecule has 1 heterocycles. The number of fused-ring (bicyclic) bond motifs is 5. The van der Waals surface area contributed by atoms with Gasteiger partial charge in [0.25, 0.3) is 11.8 Å². The topological polar surface area (TPSA) is 83.9 Å². The van der Waals surface area contributed by atoms with E-state index in [4.69, 9.17) is 4.84 Å². The van der Waals surface area contributed by atoms with Crippen molar-refractivity contribution in [3.05, 3.63) is 11.6 Å². The number of nitrogens with zero attached hydrogens (tertiary/aromatic N) is 1. The maximum absolute atomic E-state index is 12.4. The minimum atomic E-state index is -0.476. The molecule has 3 saturated carbocycles. The van der Waals surface area contributed by atoms with Gasteiger partial charge in [-0.05, 0) is 98.2 Å². The largest absolute Gasteiger partial charge is 0.393 e. The summed E-state index contributed by atoms with van der Waals surface area (Å²) in [5, 5.41) is 10.9. The Kier molecular flexibility index (Phi) is 6.19. The molecule has 0 spiro atoms. The molecule has 34 heavy (non-hydrogen) atoms. The van der Waals surface area contributed by atoms with Crippen molar-refractivity contribution in [2.45, 2.75) is 104 Å². The zero-order chi connectivity index (χ0) is 24.3. The summed E-state index contributed by atoms with van der Waals surface area (Å²) in [7, 11) is 0. The Morgan fingerprint density at radius 1 is 1.12 bits per heavy atom. The standard InChI is InChI=1S/C28H41NO5/c1-17(4-11-26(33)34-29-24(31)9-10-25(29)32)21-7-8-22-20-6-5-18-16-19(30)12-14-27(18,2)23(20)13-15-28(21,22)3/h5,17,19-23,30H,4,6-16H2,1-3H3/t17-,19+,20?,21-,22+,23+,27?,28-/m1/s1. The number of carbonyl (C=O) groups excluding carboxylic acids is 3. The molecule has 0 bridgehead atoms. The van der Waals surface area contributed by atoms with Gasteiger partial charge in [0.05, 0.1) is 6.10 Å². The van der Waals surface area contributed by atoms with E-state index in [2.05, 4.69) is 26.8 Å². The molecule has 0 aromatic carbocycles. The number of hydrogen-bond acceptors (Lipinski definition) is 5. The molecule has 4 fully saturated rings. The Balaban J connectivity index is 1.22. The summed E-state index contributed by atoms with van der Waals surface area (Å²) in [5.74, 6) is 1.88. The predicted molar refractivity (Wildman–Crippen MR) is 127 cm³/mol. The van der Waals surface area contributed by atoms with Gasteiger partial charge < -0.3 is 9.94 Å². The van der Waals surface area contributed by atoms with Gasteiger partial charge in [0.2, 0.25) is 0 Å². The number of hydrogen-bond donors (Lipinski definition) is 1. The molecule has 4 aliphatic carbocycles. The second-order valence-corrected chi connectivity index (χ2v) is 12.4. The highest BCUT2D eigenvalue weighted by Gasteiger charge is 2.59. The van der Waals surface area contributed by atoms with E-state index in [0.29, 0.717) is 22.3 Å². The number of rotatable bonds is 5. The molecule has 0 radical (unpaired) electrons. The fourth-order valence-electron chi connectivity index (χ4n) is 8.97. The molecule has 1 aliphatic heterocycles. The molecule has 8 atom stereocenters. The average molecular weight is 472 g/mol. The van der Waals surface area contributed by atoms with E-state index in [1.807, 2.05) is 0 Å². The first kappa shape index (κ1) is 24.0. The quantitative estimate of drug-likeness (QED) is 0.453. The summed E-state index contributed by atoms with van der Waals surface area (Å²) in [6, 6.07) is 0. The van der Waals surface area contributed by atoms with Crippen LogP contribution in [0.4, 0.5) is 0 Å². The Morgan fingerprint density at radius 3 is 2.59 bits per heavy atom. The SMILES string of the molecule is C[C@H](CCC(=O)ON1C(=O)CCC1=O)[C@H]1CC[C@H]2C3CC=C4C[C@@H](O)CCC4(C)[C@H]3CC[C@]12C. The third kappa shape index (κ3) is 3.84. The molecule has 2 amide bonds. The number of aliphatic hydroxyl groups is 1. The van der Waals surface area contributed by atoms with Crippen LogP contribution in [0.1, 0.15) is 97.8 Å². The number of carbonyl (C=O) groups is 3. The van der Waals surface area contributed by atoms with Gasteiger partial charge in [0.15, 0.2) is 0 Å². The van der Waals surface area contributed by atoms with Gasteiger partial charge in [-0.2, -0.15) is 0 Å². The van der Waals surface area contributed by atoms with E-state index >= 15 is 0 Å². The first-order valence-electron chi connectivity index (χ1n) is 13.6. The van der Waals surface area contributed by atoms with Gasteiger partial charge in [-0.15, -0.1) is 5.06 Å². The molecule has 5 aliphatic rings. The van der Waals surface area contributed by atoms with E-state index in [-0.39, 0.29) is 30.8 Å². The Bertz CT molecular complexity index is 881. The highest BCUT2D eigenvalue weighted by Crippen LogP contribution is 2.67. The second-order valence-electron chi connectivity index (χ2n) is 12.4. The zero-order valence-corrected chi connectivity index (χ0v) is 21.1. The zero-order valence-electron chi connectivity index (χ0n) is 21.1. The third-order valence-corrected chi connectivity index (χ3v) is 10.8. The van der Waals surface area contributed by atoms with Crippen molar-refractivity contribution >= 4 is 17.8 Å². The Labute approximate surface area is 203 Å². The van der Waals surface area contributed by atoms with Crippen LogP contribution in [0.2, 0.25) is 0 Å². The van der Waals surface area contributed by atoms with Crippen molar-refractivity contribution in [1.29, 1.82) is 0 Å². The van der Waals surface area contributed by atoms with Crippen LogP contribution in [0.25, 0.3) is 0 Å². The van der Waals surface area contributed by atoms with Gasteiger partial charge >= 0.3 is 5.97 Å². The summed E-state index contributed by atoms with van der Waals surface area (Å²) in [4.78, 5) is 40.9. The van der Waals surface area contributed by atoms with Crippen LogP contribution in [0.3, 0.4) is 0 Å². The summed E-state index contributed by atoms with van der Waals surface area (Å²) < 4.78 is 0. The lowest BCUT2D eigenvalue weighted by Crippen LogP contribution is -2.50. The molecule has 6 nitrogen and oxygen atoms in total. The van der Waals surface area contributed by atoms with Gasteiger partial charge in [-0.25, -0.2) is 4.79 Å². The minimum absolute atomic E-state index is 0.128. The van der Waals surface area contributed by atoms with Crippen LogP contribution in [0.15, 0.2) is 11.6 Å². The highest BCUT2D eigenvalue weighted by molar-refractivity contribution is 6.01. The van der Waals surface area contributed by atoms with Crippen molar-refractivity contribution in [2.24, 2.45) is 40.4 Å². The minimum Gasteiger partial charge on any atom is -0.393 e. The summed E-state index contributed by atoms with van der Waals surface area (Å²) in [6.07, 6.45) is 12.7. The molecule has 6 heteroatoms. The van der Waals surface area contributed by atoms with Gasteiger partial charge in [-0.3, -0.25) is 9.59 Å². The van der Waals surface area contributed by atoms with Crippen LogP contribution >= 0.6 is 0 Å². The van der Waals surface area contributed by atoms with Crippen molar-refractivity contribution in [1.82, 2.24) is 5.06 Å². The molecular weight excluding hydrogens is 430 g/mol. The highest BCUT2D eigenvalue weighted by atomic mass is 16.7. The van der Waals surface area contributed by atoms with E-state index in [9.17, 15) is 19.5 Å². The summed E-state index contributed by atoms with van der Waals surface area (Å²) >= 11 is 0. The summed E-state index contributed by atoms with van der Waals surface area (Å²) in [6.45, 7) is 7.25. The third-order valence-electron chi connectivity index (χ3n) is 10.8. The van der Waals surface area contributed by atoms with E-state index in [1.54, 1.807) is 0 Å². The number of aliphatic hydroxyl groups excluding tert-OH is 1. The molecular formula is C28H41NO5. The van der Waals surface area contributed by atoms with Crippen molar-refractivity contribution < 1.29 is 24.3 Å². The van der Waals surface area contributed by atoms with Gasteiger partial charge in [-0.1, -0.05) is 32.4 Å². The maximum atomic E-state index is 12.4. The van der Waals surface area contributed by atoms with E-state index in [0.717, 1.165) is 49.9 Å². The number of amides is 2. The smallest absolute Gasteiger partial charge is 0.333 e. The normalized spacial score (nSPS) is 42.5. The van der Waals surface area contributed by atoms with Gasteiger partial charge in [0.1, 0.15) is 0 Å². The molecule has 5 rings (SSSR count). The lowest BCUT2D eigenvalue weighted by atomic mass is 9.47. The second kappa shape index (κ2) is 8.76. The number of hydroxylamine groups is 2. The Morgan fingerprint density at radius 2 is 1.85 bits per heavy atom. The summed E-state index contributed by atoms with van der Waals surface area (Å²) in [5.41, 5.74) is 2.09. The fourth-order valence-corrected chi connectivity index (χ4v) is 8.97. The fraction of sp³-hybridized carbons (Fsp3) is 0.821. The molecule has 0 aromatic heterocycles. The monoisotopic (exact) mass is 471 g/mol. The number of imide groups is 1. The van der Waals surface area contributed by atoms with Crippen LogP contribution in [-0.4, -0.2) is 34.1 Å². The van der Waals surface area contributed by atoms with E-state index < -0.39 is 17.8 Å². The van der Waals surface area contributed by atoms with Crippen molar-refractivity contribution in [2.75, 3.05) is 0 Å². The molecule has 0 aromatic rings. The first-order valence-corrected chi connectivity index (χ1v) is 13.6. The Hall–Kier alpha value is -1.69. The first-order chi connectivity index (χ1) is 16.1. The lowest BCUT2D eigenvalue weighted by molar-refractivity contribution is -0.197. The van der Waals surface area contributed by atoms with Gasteiger partial charge in [0, 0.05) is 19.3 Å². The van der Waals surface area contributed by atoms with Crippen molar-refractivity contribution in [3.63, 3.8) is 0 Å². The lowest BCUT2D eigenvalue weighted by Gasteiger charge is -2.58. The average Bonchev–Trinajstić information content (AvgIpc) is 3.32. The predicted octanol–water partition coefficient (Wildman–Crippen LogP) is 4.95. The molecule has 2 unspecified atom stereocenters. The van der Waals surface area contributed by atoms with Crippen molar-refractivity contribution in [3.8, 4) is 0 Å². The molecule has 1 N–H and O–H groups in total. The van der Waals surface area contributed by atoms with E-state index in [1.165, 1.54) is 31.3 Å². The number of allylic oxidation sites excluding steroid dienone is 1. The molecule has 1 saturated heterocycles. The van der Waals surface area contributed by atoms with Crippen LogP contribution in [0.5, 0.6) is 0 Å².